The molecular formula is C21H17NOS. The fourth-order valence-electron chi connectivity index (χ4n) is 2.18. The number of nitrogens with one attached hydrogen (secondary N) is 1. The van der Waals surface area contributed by atoms with Crippen LogP contribution >= 0.6 is 11.8 Å². The molecule has 0 saturated heterocycles. The predicted octanol–water partition coefficient (Wildman–Crippen LogP) is 5.49. The quantitative estimate of drug-likeness (QED) is 0.626. The van der Waals surface area contributed by atoms with Gasteiger partial charge in [0.05, 0.1) is 5.69 Å². The third kappa shape index (κ3) is 4.61. The van der Waals surface area contributed by atoms with Crippen molar-refractivity contribution < 1.29 is 4.79 Å². The molecule has 0 saturated carbocycles. The highest BCUT2D eigenvalue weighted by molar-refractivity contribution is 7.99. The molecule has 3 aromatic carbocycles. The molecule has 0 radical (unpaired) electrons. The molecule has 3 heteroatoms. The molecule has 118 valence electrons. The molecule has 3 aromatic rings. The molecule has 1 N–H and O–H groups in total. The van der Waals surface area contributed by atoms with Gasteiger partial charge < -0.3 is 5.32 Å². The van der Waals surface area contributed by atoms with Crippen molar-refractivity contribution in [3.63, 3.8) is 0 Å². The lowest BCUT2D eigenvalue weighted by molar-refractivity contribution is -0.111. The summed E-state index contributed by atoms with van der Waals surface area (Å²) in [5.74, 6) is -0.139. The van der Waals surface area contributed by atoms with E-state index in [9.17, 15) is 4.79 Å². The van der Waals surface area contributed by atoms with E-state index >= 15 is 0 Å². The Kier molecular flexibility index (Phi) is 5.48. The Bertz CT molecular complexity index is 829. The SMILES string of the molecule is O=C(/C=C/c1ccccc1)Nc1ccccc1Sc1ccccc1. The van der Waals surface area contributed by atoms with Crippen molar-refractivity contribution in [1.82, 2.24) is 0 Å². The Morgan fingerprint density at radius 1 is 0.792 bits per heavy atom. The average molecular weight is 331 g/mol. The molecule has 0 aliphatic heterocycles. The van der Waals surface area contributed by atoms with Crippen LogP contribution in [-0.2, 0) is 4.79 Å². The summed E-state index contributed by atoms with van der Waals surface area (Å²) in [4.78, 5) is 14.3. The number of anilines is 1. The van der Waals surface area contributed by atoms with Crippen LogP contribution in [0.15, 0.2) is 101 Å². The number of para-hydroxylation sites is 1. The van der Waals surface area contributed by atoms with Gasteiger partial charge in [0.2, 0.25) is 5.91 Å². The Morgan fingerprint density at radius 2 is 1.42 bits per heavy atom. The maximum Gasteiger partial charge on any atom is 0.248 e. The van der Waals surface area contributed by atoms with Crippen LogP contribution in [-0.4, -0.2) is 5.91 Å². The summed E-state index contributed by atoms with van der Waals surface area (Å²) in [5.41, 5.74) is 1.81. The van der Waals surface area contributed by atoms with E-state index in [1.807, 2.05) is 78.9 Å². The maximum absolute atomic E-state index is 12.2. The molecule has 0 aromatic heterocycles. The first-order valence-electron chi connectivity index (χ1n) is 7.67. The fraction of sp³-hybridized carbons (Fsp3) is 0. The Balaban J connectivity index is 1.71. The summed E-state index contributed by atoms with van der Waals surface area (Å²) in [6.45, 7) is 0. The third-order valence-electron chi connectivity index (χ3n) is 3.34. The number of carbonyl (C=O) groups excluding carboxylic acids is 1. The van der Waals surface area contributed by atoms with Crippen LogP contribution in [0.5, 0.6) is 0 Å². The van der Waals surface area contributed by atoms with E-state index in [0.717, 1.165) is 21.0 Å². The smallest absolute Gasteiger partial charge is 0.248 e. The number of benzene rings is 3. The van der Waals surface area contributed by atoms with Crippen LogP contribution in [0.4, 0.5) is 5.69 Å². The highest BCUT2D eigenvalue weighted by Crippen LogP contribution is 2.33. The van der Waals surface area contributed by atoms with E-state index in [-0.39, 0.29) is 5.91 Å². The minimum Gasteiger partial charge on any atom is -0.321 e. The molecule has 0 aliphatic rings. The average Bonchev–Trinajstić information content (AvgIpc) is 2.63. The van der Waals surface area contributed by atoms with E-state index in [1.165, 1.54) is 0 Å². The minimum atomic E-state index is -0.139. The third-order valence-corrected chi connectivity index (χ3v) is 4.43. The standard InChI is InChI=1S/C21H17NOS/c23-21(16-15-17-9-3-1-4-10-17)22-19-13-7-8-14-20(19)24-18-11-5-2-6-12-18/h1-16H,(H,22,23)/b16-15+. The molecule has 0 spiro atoms. The Labute approximate surface area is 146 Å². The van der Waals surface area contributed by atoms with E-state index in [4.69, 9.17) is 0 Å². The van der Waals surface area contributed by atoms with Crippen molar-refractivity contribution in [2.45, 2.75) is 9.79 Å². The Hall–Kier alpha value is -2.78. The largest absolute Gasteiger partial charge is 0.321 e. The normalized spacial score (nSPS) is 10.7. The van der Waals surface area contributed by atoms with Crippen LogP contribution in [0.25, 0.3) is 6.08 Å². The van der Waals surface area contributed by atoms with E-state index in [1.54, 1.807) is 17.8 Å². The number of carbonyl (C=O) groups is 1. The van der Waals surface area contributed by atoms with Gasteiger partial charge in [0.1, 0.15) is 0 Å². The zero-order valence-electron chi connectivity index (χ0n) is 13.1. The molecule has 3 rings (SSSR count). The van der Waals surface area contributed by atoms with E-state index in [2.05, 4.69) is 17.4 Å². The first-order valence-corrected chi connectivity index (χ1v) is 8.49. The van der Waals surface area contributed by atoms with E-state index in [0.29, 0.717) is 0 Å². The molecular weight excluding hydrogens is 314 g/mol. The second-order valence-corrected chi connectivity index (χ2v) is 6.26. The second kappa shape index (κ2) is 8.18. The van der Waals surface area contributed by atoms with Crippen LogP contribution in [0.1, 0.15) is 5.56 Å². The monoisotopic (exact) mass is 331 g/mol. The van der Waals surface area contributed by atoms with Crippen LogP contribution < -0.4 is 5.32 Å². The zero-order chi connectivity index (χ0) is 16.6. The highest BCUT2D eigenvalue weighted by Gasteiger charge is 2.06. The number of rotatable bonds is 5. The van der Waals surface area contributed by atoms with Crippen molar-refractivity contribution in [3.05, 3.63) is 96.6 Å². The molecule has 0 heterocycles. The topological polar surface area (TPSA) is 29.1 Å². The highest BCUT2D eigenvalue weighted by atomic mass is 32.2. The van der Waals surface area contributed by atoms with Crippen molar-refractivity contribution in [1.29, 1.82) is 0 Å². The lowest BCUT2D eigenvalue weighted by Gasteiger charge is -2.09. The lowest BCUT2D eigenvalue weighted by Crippen LogP contribution is -2.08. The van der Waals surface area contributed by atoms with Gasteiger partial charge in [0.25, 0.3) is 0 Å². The summed E-state index contributed by atoms with van der Waals surface area (Å²) in [7, 11) is 0. The van der Waals surface area contributed by atoms with Crippen LogP contribution in [0.3, 0.4) is 0 Å². The number of amides is 1. The van der Waals surface area contributed by atoms with Gasteiger partial charge in [-0.2, -0.15) is 0 Å². The Morgan fingerprint density at radius 3 is 2.17 bits per heavy atom. The molecule has 0 bridgehead atoms. The van der Waals surface area contributed by atoms with Gasteiger partial charge in [-0.3, -0.25) is 4.79 Å². The van der Waals surface area contributed by atoms with Gasteiger partial charge in [-0.05, 0) is 35.9 Å². The summed E-state index contributed by atoms with van der Waals surface area (Å²) in [6, 6.07) is 27.7. The van der Waals surface area contributed by atoms with E-state index < -0.39 is 0 Å². The van der Waals surface area contributed by atoms with Gasteiger partial charge in [-0.25, -0.2) is 0 Å². The second-order valence-electron chi connectivity index (χ2n) is 5.14. The number of hydrogen-bond acceptors (Lipinski definition) is 2. The van der Waals surface area contributed by atoms with Gasteiger partial charge >= 0.3 is 0 Å². The summed E-state index contributed by atoms with van der Waals surface area (Å²) < 4.78 is 0. The number of hydrogen-bond donors (Lipinski definition) is 1. The summed E-state index contributed by atoms with van der Waals surface area (Å²) in [5, 5.41) is 2.95. The minimum absolute atomic E-state index is 0.139. The van der Waals surface area contributed by atoms with Gasteiger partial charge in [-0.15, -0.1) is 0 Å². The molecule has 0 unspecified atom stereocenters. The fourth-order valence-corrected chi connectivity index (χ4v) is 3.11. The van der Waals surface area contributed by atoms with Crippen molar-refractivity contribution >= 4 is 29.4 Å². The van der Waals surface area contributed by atoms with Crippen LogP contribution in [0.2, 0.25) is 0 Å². The molecule has 2 nitrogen and oxygen atoms in total. The molecule has 24 heavy (non-hydrogen) atoms. The molecule has 0 aliphatic carbocycles. The maximum atomic E-state index is 12.2. The predicted molar refractivity (Wildman–Crippen MR) is 101 cm³/mol. The van der Waals surface area contributed by atoms with Crippen molar-refractivity contribution in [2.24, 2.45) is 0 Å². The van der Waals surface area contributed by atoms with Crippen molar-refractivity contribution in [3.8, 4) is 0 Å². The zero-order valence-corrected chi connectivity index (χ0v) is 13.9. The first-order chi connectivity index (χ1) is 11.8. The molecule has 1 amide bonds. The van der Waals surface area contributed by atoms with Gasteiger partial charge in [-0.1, -0.05) is 72.4 Å². The summed E-state index contributed by atoms with van der Waals surface area (Å²) in [6.07, 6.45) is 3.36. The van der Waals surface area contributed by atoms with Crippen LogP contribution in [0, 0.1) is 0 Å². The first kappa shape index (κ1) is 16.1. The van der Waals surface area contributed by atoms with Crippen molar-refractivity contribution in [2.75, 3.05) is 5.32 Å². The molecule has 0 atom stereocenters. The molecule has 0 fully saturated rings. The van der Waals surface area contributed by atoms with Gasteiger partial charge in [0.15, 0.2) is 0 Å². The summed E-state index contributed by atoms with van der Waals surface area (Å²) >= 11 is 1.63. The lowest BCUT2D eigenvalue weighted by atomic mass is 10.2. The van der Waals surface area contributed by atoms with Gasteiger partial charge in [0, 0.05) is 15.9 Å².